The van der Waals surface area contributed by atoms with Crippen LogP contribution in [0.15, 0.2) is 0 Å². The molecule has 0 saturated heterocycles. The van der Waals surface area contributed by atoms with Gasteiger partial charge in [0, 0.05) is 21.3 Å². The van der Waals surface area contributed by atoms with Gasteiger partial charge in [-0.1, -0.05) is 6.92 Å². The number of nitrogens with one attached hydrogen (secondary N) is 1. The van der Waals surface area contributed by atoms with Crippen molar-refractivity contribution < 1.29 is 44.8 Å². The summed E-state index contributed by atoms with van der Waals surface area (Å²) in [5.74, 6) is -2.04. The Kier molecular flexibility index (Phi) is 8.03. The van der Waals surface area contributed by atoms with Gasteiger partial charge in [0.05, 0.1) is 5.67 Å². The number of carbonyl (C=O) groups is 1. The van der Waals surface area contributed by atoms with E-state index in [4.69, 9.17) is 13.3 Å². The fraction of sp³-hybridized carbons (Fsp3) is 0.909. The summed E-state index contributed by atoms with van der Waals surface area (Å²) >= 11 is 0. The Hall–Kier alpha value is -0.823. The molecule has 1 N–H and O–H groups in total. The lowest BCUT2D eigenvalue weighted by molar-refractivity contribution is -0.306. The highest BCUT2D eigenvalue weighted by Gasteiger charge is 2.53. The first-order valence-electron chi connectivity index (χ1n) is 6.48. The number of amides is 1. The number of alkyl halides is 5. The quantitative estimate of drug-likeness (QED) is 0.496. The predicted octanol–water partition coefficient (Wildman–Crippen LogP) is 1.86. The molecule has 2 atom stereocenters. The van der Waals surface area contributed by atoms with Crippen molar-refractivity contribution in [2.45, 2.75) is 44.3 Å². The first kappa shape index (κ1) is 22.2. The molecule has 0 aromatic carbocycles. The molecule has 138 valence electrons. The number of hydrogen-bond acceptors (Lipinski definition) is 5. The van der Waals surface area contributed by atoms with E-state index in [2.05, 4.69) is 4.74 Å². The minimum absolute atomic E-state index is 0.0817. The van der Waals surface area contributed by atoms with Gasteiger partial charge >= 0.3 is 27.0 Å². The maximum absolute atomic E-state index is 13.6. The van der Waals surface area contributed by atoms with E-state index in [0.29, 0.717) is 6.92 Å². The second-order valence-electron chi connectivity index (χ2n) is 4.47. The van der Waals surface area contributed by atoms with E-state index in [9.17, 15) is 26.7 Å². The van der Waals surface area contributed by atoms with Crippen LogP contribution in [0.4, 0.5) is 22.0 Å². The summed E-state index contributed by atoms with van der Waals surface area (Å²) in [4.78, 5) is 11.6. The van der Waals surface area contributed by atoms with Crippen LogP contribution in [0.25, 0.3) is 0 Å². The minimum atomic E-state index is -5.03. The van der Waals surface area contributed by atoms with Gasteiger partial charge in [-0.2, -0.15) is 22.0 Å². The molecule has 0 saturated carbocycles. The molecule has 0 aromatic heterocycles. The zero-order chi connectivity index (χ0) is 18.5. The Bertz CT molecular complexity index is 383. The molecule has 23 heavy (non-hydrogen) atoms. The van der Waals surface area contributed by atoms with E-state index < -0.39 is 38.8 Å². The summed E-state index contributed by atoms with van der Waals surface area (Å²) in [5, 5.41) is 1.86. The number of carbonyl (C=O) groups excluding carboxylic acids is 1. The molecule has 1 amide bonds. The van der Waals surface area contributed by atoms with Crippen molar-refractivity contribution in [3.63, 3.8) is 0 Å². The summed E-state index contributed by atoms with van der Waals surface area (Å²) in [6.07, 6.45) is -12.5. The van der Waals surface area contributed by atoms with Crippen LogP contribution in [-0.2, 0) is 22.8 Å². The fourth-order valence-electron chi connectivity index (χ4n) is 1.70. The largest absolute Gasteiger partial charge is 0.523 e. The summed E-state index contributed by atoms with van der Waals surface area (Å²) in [6.45, 7) is 1.90. The molecule has 0 fully saturated rings. The van der Waals surface area contributed by atoms with Crippen LogP contribution in [0.2, 0.25) is 0 Å². The Balaban J connectivity index is 5.14. The lowest BCUT2D eigenvalue weighted by Gasteiger charge is -2.33. The molecule has 0 spiro atoms. The fourth-order valence-corrected chi connectivity index (χ4v) is 3.86. The van der Waals surface area contributed by atoms with Crippen LogP contribution in [0.1, 0.15) is 20.3 Å². The Labute approximate surface area is 131 Å². The molecule has 0 aromatic rings. The van der Waals surface area contributed by atoms with Crippen molar-refractivity contribution in [1.82, 2.24) is 5.32 Å². The Morgan fingerprint density at radius 1 is 1.09 bits per heavy atom. The van der Waals surface area contributed by atoms with E-state index >= 15 is 0 Å². The third kappa shape index (κ3) is 5.63. The second kappa shape index (κ2) is 8.33. The van der Waals surface area contributed by atoms with Gasteiger partial charge < -0.3 is 23.3 Å². The standard InChI is InChI=1S/C11H20F5NO5Si/c1-6-8(23(19-3,20-4)21-5)17-9(18)11(15,16)22-7(2)10(12,13)14/h7-8H,6H2,1-5H3,(H,17,18). The molecule has 0 heterocycles. The minimum Gasteiger partial charge on any atom is -0.376 e. The highest BCUT2D eigenvalue weighted by molar-refractivity contribution is 6.62. The van der Waals surface area contributed by atoms with Crippen molar-refractivity contribution in [3.8, 4) is 0 Å². The van der Waals surface area contributed by atoms with Crippen molar-refractivity contribution >= 4 is 14.7 Å². The van der Waals surface area contributed by atoms with Gasteiger partial charge in [-0.05, 0) is 13.3 Å². The van der Waals surface area contributed by atoms with Gasteiger partial charge in [0.25, 0.3) is 0 Å². The monoisotopic (exact) mass is 369 g/mol. The predicted molar refractivity (Wildman–Crippen MR) is 70.6 cm³/mol. The van der Waals surface area contributed by atoms with Gasteiger partial charge in [0.2, 0.25) is 0 Å². The van der Waals surface area contributed by atoms with Crippen LogP contribution in [-0.4, -0.2) is 60.1 Å². The van der Waals surface area contributed by atoms with Crippen LogP contribution < -0.4 is 5.32 Å². The molecule has 0 aliphatic rings. The molecular weight excluding hydrogens is 349 g/mol. The van der Waals surface area contributed by atoms with E-state index in [-0.39, 0.29) is 6.42 Å². The van der Waals surface area contributed by atoms with Crippen LogP contribution >= 0.6 is 0 Å². The maximum atomic E-state index is 13.6. The van der Waals surface area contributed by atoms with Gasteiger partial charge in [0.15, 0.2) is 6.10 Å². The van der Waals surface area contributed by atoms with Crippen molar-refractivity contribution in [3.05, 3.63) is 0 Å². The number of rotatable bonds is 9. The Morgan fingerprint density at radius 3 is 1.83 bits per heavy atom. The van der Waals surface area contributed by atoms with Gasteiger partial charge in [0.1, 0.15) is 0 Å². The summed E-state index contributed by atoms with van der Waals surface area (Å²) in [7, 11) is 0.100. The number of ether oxygens (including phenoxy) is 1. The van der Waals surface area contributed by atoms with Gasteiger partial charge in [-0.15, -0.1) is 0 Å². The highest BCUT2D eigenvalue weighted by Crippen LogP contribution is 2.29. The number of halogens is 5. The summed E-state index contributed by atoms with van der Waals surface area (Å²) in [6, 6.07) is 0. The van der Waals surface area contributed by atoms with Crippen LogP contribution in [0.3, 0.4) is 0 Å². The third-order valence-corrected chi connectivity index (χ3v) is 6.16. The highest BCUT2D eigenvalue weighted by atomic mass is 28.4. The van der Waals surface area contributed by atoms with E-state index in [1.807, 2.05) is 5.32 Å². The summed E-state index contributed by atoms with van der Waals surface area (Å²) < 4.78 is 82.7. The summed E-state index contributed by atoms with van der Waals surface area (Å²) in [5.41, 5.74) is -1.09. The smallest absolute Gasteiger partial charge is 0.376 e. The molecule has 12 heteroatoms. The average Bonchev–Trinajstić information content (AvgIpc) is 2.46. The maximum Gasteiger partial charge on any atom is 0.523 e. The zero-order valence-corrected chi connectivity index (χ0v) is 14.3. The molecule has 6 nitrogen and oxygen atoms in total. The molecular formula is C11H20F5NO5Si. The number of hydrogen-bond donors (Lipinski definition) is 1. The van der Waals surface area contributed by atoms with E-state index in [1.165, 1.54) is 28.3 Å². The Morgan fingerprint density at radius 2 is 1.52 bits per heavy atom. The van der Waals surface area contributed by atoms with E-state index in [0.717, 1.165) is 0 Å². The van der Waals surface area contributed by atoms with Gasteiger partial charge in [-0.3, -0.25) is 4.79 Å². The molecule has 2 unspecified atom stereocenters. The normalized spacial score (nSPS) is 16.1. The van der Waals surface area contributed by atoms with Crippen LogP contribution in [0.5, 0.6) is 0 Å². The second-order valence-corrected chi connectivity index (χ2v) is 7.60. The molecule has 0 radical (unpaired) electrons. The van der Waals surface area contributed by atoms with Crippen molar-refractivity contribution in [2.75, 3.05) is 21.3 Å². The average molecular weight is 369 g/mol. The van der Waals surface area contributed by atoms with Gasteiger partial charge in [-0.25, -0.2) is 0 Å². The van der Waals surface area contributed by atoms with Crippen molar-refractivity contribution in [1.29, 1.82) is 0 Å². The van der Waals surface area contributed by atoms with Crippen molar-refractivity contribution in [2.24, 2.45) is 0 Å². The lowest BCUT2D eigenvalue weighted by atomic mass is 10.4. The third-order valence-electron chi connectivity index (χ3n) is 3.04. The molecule has 0 bridgehead atoms. The zero-order valence-electron chi connectivity index (χ0n) is 13.3. The molecule has 0 aliphatic carbocycles. The topological polar surface area (TPSA) is 66.0 Å². The first-order chi connectivity index (χ1) is 10.4. The molecule has 0 aliphatic heterocycles. The SMILES string of the molecule is CCC(NC(=O)C(F)(F)OC(C)C(F)(F)F)[Si](OC)(OC)OC. The lowest BCUT2D eigenvalue weighted by Crippen LogP contribution is -2.63. The first-order valence-corrected chi connectivity index (χ1v) is 8.29. The molecule has 0 rings (SSSR count). The van der Waals surface area contributed by atoms with E-state index in [1.54, 1.807) is 0 Å². The van der Waals surface area contributed by atoms with Crippen LogP contribution in [0, 0.1) is 0 Å².